The standard InChI is InChI=1S/C16H27FN4O3S/c1-12(2)25(23,24)20-7-3-5-13(10-20)9-14(19)15(22)21-8-4-6-16(21,17)11-18/h12-14H,3-10,19H2,1-2H3/t13?,14-,16+/m0/s1. The van der Waals surface area contributed by atoms with Gasteiger partial charge in [0.15, 0.2) is 0 Å². The van der Waals surface area contributed by atoms with E-state index in [-0.39, 0.29) is 18.9 Å². The van der Waals surface area contributed by atoms with Gasteiger partial charge in [0.1, 0.15) is 6.07 Å². The summed E-state index contributed by atoms with van der Waals surface area (Å²) >= 11 is 0. The van der Waals surface area contributed by atoms with Gasteiger partial charge in [-0.1, -0.05) is 0 Å². The molecular formula is C16H27FN4O3S. The molecule has 0 aromatic rings. The zero-order valence-corrected chi connectivity index (χ0v) is 15.6. The van der Waals surface area contributed by atoms with Crippen LogP contribution in [-0.2, 0) is 14.8 Å². The Labute approximate surface area is 149 Å². The summed E-state index contributed by atoms with van der Waals surface area (Å²) in [5.41, 5.74) is 5.98. The number of rotatable bonds is 5. The van der Waals surface area contributed by atoms with Crippen LogP contribution in [0.5, 0.6) is 0 Å². The van der Waals surface area contributed by atoms with Crippen molar-refractivity contribution < 1.29 is 17.6 Å². The molecule has 2 aliphatic heterocycles. The van der Waals surface area contributed by atoms with E-state index < -0.39 is 33.0 Å². The van der Waals surface area contributed by atoms with Gasteiger partial charge in [-0.3, -0.25) is 9.69 Å². The SMILES string of the molecule is CC(C)S(=O)(=O)N1CCCC(C[C@H](N)C(=O)N2CCC[C@]2(F)C#N)C1. The number of likely N-dealkylation sites (tertiary alicyclic amines) is 1. The van der Waals surface area contributed by atoms with Gasteiger partial charge in [0.25, 0.3) is 5.79 Å². The average molecular weight is 374 g/mol. The lowest BCUT2D eigenvalue weighted by Crippen LogP contribution is -2.52. The first-order valence-electron chi connectivity index (χ1n) is 8.78. The van der Waals surface area contributed by atoms with E-state index in [4.69, 9.17) is 11.0 Å². The average Bonchev–Trinajstić information content (AvgIpc) is 2.96. The number of carbonyl (C=O) groups excluding carboxylic acids is 1. The van der Waals surface area contributed by atoms with Crippen molar-refractivity contribution in [3.63, 3.8) is 0 Å². The number of alkyl halides is 1. The lowest BCUT2D eigenvalue weighted by molar-refractivity contribution is -0.140. The van der Waals surface area contributed by atoms with Gasteiger partial charge >= 0.3 is 0 Å². The lowest BCUT2D eigenvalue weighted by Gasteiger charge is -2.35. The van der Waals surface area contributed by atoms with Crippen molar-refractivity contribution in [2.24, 2.45) is 11.7 Å². The van der Waals surface area contributed by atoms with Crippen LogP contribution in [0.1, 0.15) is 46.0 Å². The monoisotopic (exact) mass is 374 g/mol. The maximum Gasteiger partial charge on any atom is 0.271 e. The Hall–Kier alpha value is -1.24. The quantitative estimate of drug-likeness (QED) is 0.721. The van der Waals surface area contributed by atoms with E-state index in [1.807, 2.05) is 0 Å². The number of nitriles is 1. The van der Waals surface area contributed by atoms with Crippen molar-refractivity contribution in [2.45, 2.75) is 63.0 Å². The summed E-state index contributed by atoms with van der Waals surface area (Å²) in [7, 11) is -3.33. The Balaban J connectivity index is 1.99. The van der Waals surface area contributed by atoms with Crippen LogP contribution in [0.3, 0.4) is 0 Å². The van der Waals surface area contributed by atoms with Crippen LogP contribution in [0.4, 0.5) is 4.39 Å². The fraction of sp³-hybridized carbons (Fsp3) is 0.875. The van der Waals surface area contributed by atoms with Gasteiger partial charge in [0.2, 0.25) is 15.9 Å². The molecule has 1 amide bonds. The minimum absolute atomic E-state index is 0.00575. The molecule has 0 aromatic carbocycles. The van der Waals surface area contributed by atoms with Crippen molar-refractivity contribution in [1.82, 2.24) is 9.21 Å². The van der Waals surface area contributed by atoms with E-state index in [1.165, 1.54) is 4.31 Å². The Kier molecular flexibility index (Phi) is 6.07. The van der Waals surface area contributed by atoms with Gasteiger partial charge in [0.05, 0.1) is 11.3 Å². The highest BCUT2D eigenvalue weighted by Crippen LogP contribution is 2.31. The molecule has 0 bridgehead atoms. The zero-order chi connectivity index (χ0) is 18.8. The minimum Gasteiger partial charge on any atom is -0.320 e. The van der Waals surface area contributed by atoms with Crippen LogP contribution in [0.25, 0.3) is 0 Å². The summed E-state index contributed by atoms with van der Waals surface area (Å²) in [5.74, 6) is -2.88. The van der Waals surface area contributed by atoms with Gasteiger partial charge in [-0.05, 0) is 45.4 Å². The number of amides is 1. The van der Waals surface area contributed by atoms with Crippen LogP contribution in [-0.4, -0.2) is 60.2 Å². The summed E-state index contributed by atoms with van der Waals surface area (Å²) in [6.07, 6.45) is 2.23. The van der Waals surface area contributed by atoms with E-state index in [1.54, 1.807) is 19.9 Å². The number of carbonyl (C=O) groups is 1. The molecule has 0 aromatic heterocycles. The summed E-state index contributed by atoms with van der Waals surface area (Å²) < 4.78 is 40.5. The zero-order valence-electron chi connectivity index (χ0n) is 14.8. The molecule has 2 rings (SSSR count). The van der Waals surface area contributed by atoms with Crippen molar-refractivity contribution >= 4 is 15.9 Å². The molecule has 2 aliphatic rings. The molecule has 0 aliphatic carbocycles. The molecule has 3 atom stereocenters. The molecule has 2 heterocycles. The van der Waals surface area contributed by atoms with E-state index in [9.17, 15) is 17.6 Å². The topological polar surface area (TPSA) is 108 Å². The molecule has 0 saturated carbocycles. The summed E-state index contributed by atoms with van der Waals surface area (Å²) in [5, 5.41) is 8.50. The predicted molar refractivity (Wildman–Crippen MR) is 91.3 cm³/mol. The van der Waals surface area contributed by atoms with Crippen LogP contribution in [0.2, 0.25) is 0 Å². The van der Waals surface area contributed by atoms with Gasteiger partial charge < -0.3 is 5.73 Å². The van der Waals surface area contributed by atoms with Crippen molar-refractivity contribution in [2.75, 3.05) is 19.6 Å². The second kappa shape index (κ2) is 7.56. The second-order valence-corrected chi connectivity index (χ2v) is 9.76. The minimum atomic E-state index is -3.33. The normalized spacial score (nSPS) is 29.6. The number of hydrogen-bond acceptors (Lipinski definition) is 5. The Bertz CT molecular complexity index is 648. The number of hydrogen-bond donors (Lipinski definition) is 1. The second-order valence-electron chi connectivity index (χ2n) is 7.27. The molecule has 2 N–H and O–H groups in total. The third-order valence-corrected chi connectivity index (χ3v) is 7.34. The highest BCUT2D eigenvalue weighted by atomic mass is 32.2. The van der Waals surface area contributed by atoms with E-state index >= 15 is 0 Å². The van der Waals surface area contributed by atoms with Gasteiger partial charge in [-0.15, -0.1) is 0 Å². The van der Waals surface area contributed by atoms with Crippen molar-refractivity contribution in [3.05, 3.63) is 0 Å². The summed E-state index contributed by atoms with van der Waals surface area (Å²) in [6.45, 7) is 4.29. The van der Waals surface area contributed by atoms with Gasteiger partial charge in [-0.2, -0.15) is 5.26 Å². The largest absolute Gasteiger partial charge is 0.320 e. The van der Waals surface area contributed by atoms with E-state index in [2.05, 4.69) is 0 Å². The highest BCUT2D eigenvalue weighted by Gasteiger charge is 2.46. The summed E-state index contributed by atoms with van der Waals surface area (Å²) in [6, 6.07) is 0.642. The fourth-order valence-electron chi connectivity index (χ4n) is 3.59. The molecule has 0 spiro atoms. The smallest absolute Gasteiger partial charge is 0.271 e. The molecular weight excluding hydrogens is 347 g/mol. The molecule has 0 radical (unpaired) electrons. The maximum atomic E-state index is 14.4. The first kappa shape index (κ1) is 20.1. The number of nitrogens with zero attached hydrogens (tertiary/aromatic N) is 3. The molecule has 7 nitrogen and oxygen atoms in total. The Morgan fingerprint density at radius 3 is 2.68 bits per heavy atom. The number of sulfonamides is 1. The van der Waals surface area contributed by atoms with E-state index in [0.29, 0.717) is 32.4 Å². The first-order chi connectivity index (χ1) is 11.6. The van der Waals surface area contributed by atoms with Crippen molar-refractivity contribution in [1.29, 1.82) is 5.26 Å². The molecule has 1 unspecified atom stereocenters. The summed E-state index contributed by atoms with van der Waals surface area (Å²) in [4.78, 5) is 13.4. The van der Waals surface area contributed by atoms with Crippen LogP contribution >= 0.6 is 0 Å². The number of piperidine rings is 1. The maximum absolute atomic E-state index is 14.4. The number of nitrogens with two attached hydrogens (primary N) is 1. The molecule has 142 valence electrons. The molecule has 9 heteroatoms. The van der Waals surface area contributed by atoms with Crippen LogP contribution in [0, 0.1) is 17.2 Å². The van der Waals surface area contributed by atoms with Crippen LogP contribution in [0.15, 0.2) is 0 Å². The number of halogens is 1. The van der Waals surface area contributed by atoms with Gasteiger partial charge in [-0.25, -0.2) is 17.1 Å². The van der Waals surface area contributed by atoms with Crippen LogP contribution < -0.4 is 5.73 Å². The lowest BCUT2D eigenvalue weighted by atomic mass is 9.92. The Morgan fingerprint density at radius 1 is 1.40 bits per heavy atom. The van der Waals surface area contributed by atoms with Crippen molar-refractivity contribution in [3.8, 4) is 6.07 Å². The molecule has 2 fully saturated rings. The molecule has 25 heavy (non-hydrogen) atoms. The highest BCUT2D eigenvalue weighted by molar-refractivity contribution is 7.89. The molecule has 2 saturated heterocycles. The third kappa shape index (κ3) is 4.13. The predicted octanol–water partition coefficient (Wildman–Crippen LogP) is 0.966. The fourth-order valence-corrected chi connectivity index (χ4v) is 4.99. The first-order valence-corrected chi connectivity index (χ1v) is 10.3. The van der Waals surface area contributed by atoms with E-state index in [0.717, 1.165) is 11.3 Å². The Morgan fingerprint density at radius 2 is 2.08 bits per heavy atom. The third-order valence-electron chi connectivity index (χ3n) is 5.10. The van der Waals surface area contributed by atoms with Gasteiger partial charge in [0, 0.05) is 26.1 Å².